The molecule has 26 heavy (non-hydrogen) atoms. The van der Waals surface area contributed by atoms with Crippen molar-refractivity contribution in [2.45, 2.75) is 38.5 Å². The number of nitrogens with zero attached hydrogens (tertiary/aromatic N) is 1. The van der Waals surface area contributed by atoms with Gasteiger partial charge >= 0.3 is 0 Å². The maximum Gasteiger partial charge on any atom is 0.240 e. The SMILES string of the molecule is O=C(CN1C(=O)CC2(CCCCC2)C1=O)NCCOc1ccc(Cl)cc1. The lowest BCUT2D eigenvalue weighted by Crippen LogP contribution is -2.43. The summed E-state index contributed by atoms with van der Waals surface area (Å²) in [6.45, 7) is 0.377. The van der Waals surface area contributed by atoms with Crippen LogP contribution in [0.1, 0.15) is 38.5 Å². The van der Waals surface area contributed by atoms with Crippen LogP contribution >= 0.6 is 11.6 Å². The highest BCUT2D eigenvalue weighted by molar-refractivity contribution is 6.30. The monoisotopic (exact) mass is 378 g/mol. The van der Waals surface area contributed by atoms with Crippen LogP contribution in [0, 0.1) is 5.41 Å². The molecule has 1 N–H and O–H groups in total. The van der Waals surface area contributed by atoms with Gasteiger partial charge in [0.15, 0.2) is 0 Å². The van der Waals surface area contributed by atoms with Crippen LogP contribution in [0.4, 0.5) is 0 Å². The van der Waals surface area contributed by atoms with Gasteiger partial charge in [-0.15, -0.1) is 0 Å². The molecule has 0 atom stereocenters. The molecule has 6 nitrogen and oxygen atoms in total. The van der Waals surface area contributed by atoms with Crippen molar-refractivity contribution >= 4 is 29.3 Å². The zero-order valence-electron chi connectivity index (χ0n) is 14.6. The Kier molecular flexibility index (Phi) is 5.81. The fourth-order valence-corrected chi connectivity index (χ4v) is 3.85. The summed E-state index contributed by atoms with van der Waals surface area (Å²) in [4.78, 5) is 38.1. The average molecular weight is 379 g/mol. The molecular formula is C19H23ClN2O4. The van der Waals surface area contributed by atoms with Crippen LogP contribution in [0.25, 0.3) is 0 Å². The molecule has 1 aromatic carbocycles. The third-order valence-electron chi connectivity index (χ3n) is 5.11. The van der Waals surface area contributed by atoms with E-state index in [0.29, 0.717) is 23.9 Å². The van der Waals surface area contributed by atoms with Crippen molar-refractivity contribution in [3.05, 3.63) is 29.3 Å². The van der Waals surface area contributed by atoms with Crippen LogP contribution < -0.4 is 10.1 Å². The molecule has 0 radical (unpaired) electrons. The third-order valence-corrected chi connectivity index (χ3v) is 5.36. The van der Waals surface area contributed by atoms with Crippen LogP contribution in [0.5, 0.6) is 5.75 Å². The van der Waals surface area contributed by atoms with Gasteiger partial charge in [0, 0.05) is 11.4 Å². The highest BCUT2D eigenvalue weighted by Gasteiger charge is 2.51. The molecule has 0 bridgehead atoms. The van der Waals surface area contributed by atoms with Crippen molar-refractivity contribution in [2.24, 2.45) is 5.41 Å². The first-order chi connectivity index (χ1) is 12.5. The van der Waals surface area contributed by atoms with Gasteiger partial charge < -0.3 is 10.1 Å². The minimum atomic E-state index is -0.548. The number of benzene rings is 1. The fraction of sp³-hybridized carbons (Fsp3) is 0.526. The minimum absolute atomic E-state index is 0.172. The second-order valence-electron chi connectivity index (χ2n) is 6.96. The van der Waals surface area contributed by atoms with Crippen molar-refractivity contribution in [1.82, 2.24) is 10.2 Å². The predicted octanol–water partition coefficient (Wildman–Crippen LogP) is 2.54. The van der Waals surface area contributed by atoms with E-state index in [-0.39, 0.29) is 30.7 Å². The van der Waals surface area contributed by atoms with Gasteiger partial charge in [0.1, 0.15) is 18.9 Å². The number of imide groups is 1. The summed E-state index contributed by atoms with van der Waals surface area (Å²) in [6.07, 6.45) is 4.81. The van der Waals surface area contributed by atoms with E-state index in [1.807, 2.05) is 0 Å². The van der Waals surface area contributed by atoms with Gasteiger partial charge in [-0.05, 0) is 37.1 Å². The van der Waals surface area contributed by atoms with Crippen molar-refractivity contribution in [3.8, 4) is 5.75 Å². The van der Waals surface area contributed by atoms with Crippen LogP contribution in [0.3, 0.4) is 0 Å². The summed E-state index contributed by atoms with van der Waals surface area (Å²) in [5.74, 6) is -0.0914. The Hall–Kier alpha value is -2.08. The number of amides is 3. The van der Waals surface area contributed by atoms with Crippen LogP contribution in [-0.4, -0.2) is 42.3 Å². The summed E-state index contributed by atoms with van der Waals surface area (Å²) < 4.78 is 5.49. The zero-order valence-corrected chi connectivity index (χ0v) is 15.4. The van der Waals surface area contributed by atoms with E-state index in [1.165, 1.54) is 0 Å². The Bertz CT molecular complexity index is 683. The number of carbonyl (C=O) groups is 3. The number of halogens is 1. The Balaban J connectivity index is 1.43. The smallest absolute Gasteiger partial charge is 0.240 e. The molecule has 2 aliphatic rings. The highest BCUT2D eigenvalue weighted by Crippen LogP contribution is 2.45. The summed E-state index contributed by atoms with van der Waals surface area (Å²) in [6, 6.07) is 6.94. The average Bonchev–Trinajstić information content (AvgIpc) is 2.85. The molecule has 3 amide bonds. The molecule has 1 heterocycles. The van der Waals surface area contributed by atoms with Crippen LogP contribution in [0.15, 0.2) is 24.3 Å². The van der Waals surface area contributed by atoms with Gasteiger partial charge in [-0.3, -0.25) is 19.3 Å². The third kappa shape index (κ3) is 4.18. The van der Waals surface area contributed by atoms with Crippen molar-refractivity contribution < 1.29 is 19.1 Å². The molecule has 1 saturated carbocycles. The number of hydrogen-bond donors (Lipinski definition) is 1. The second kappa shape index (κ2) is 8.08. The maximum absolute atomic E-state index is 12.7. The van der Waals surface area contributed by atoms with Gasteiger partial charge in [-0.25, -0.2) is 0 Å². The first-order valence-electron chi connectivity index (χ1n) is 9.00. The number of ether oxygens (including phenoxy) is 1. The lowest BCUT2D eigenvalue weighted by Gasteiger charge is -2.30. The van der Waals surface area contributed by atoms with Crippen LogP contribution in [-0.2, 0) is 14.4 Å². The Morgan fingerprint density at radius 2 is 1.85 bits per heavy atom. The number of rotatable bonds is 6. The van der Waals surface area contributed by atoms with Gasteiger partial charge in [-0.1, -0.05) is 30.9 Å². The van der Waals surface area contributed by atoms with Gasteiger partial charge in [0.25, 0.3) is 0 Å². The Morgan fingerprint density at radius 3 is 2.54 bits per heavy atom. The largest absolute Gasteiger partial charge is 0.492 e. The van der Waals surface area contributed by atoms with E-state index in [1.54, 1.807) is 24.3 Å². The molecule has 1 aliphatic heterocycles. The number of nitrogens with one attached hydrogen (secondary N) is 1. The molecule has 3 rings (SSSR count). The van der Waals surface area contributed by atoms with E-state index in [9.17, 15) is 14.4 Å². The molecule has 1 aliphatic carbocycles. The van der Waals surface area contributed by atoms with Crippen molar-refractivity contribution in [1.29, 1.82) is 0 Å². The fourth-order valence-electron chi connectivity index (χ4n) is 3.73. The van der Waals surface area contributed by atoms with E-state index >= 15 is 0 Å². The topological polar surface area (TPSA) is 75.7 Å². The first-order valence-corrected chi connectivity index (χ1v) is 9.38. The molecule has 1 saturated heterocycles. The summed E-state index contributed by atoms with van der Waals surface area (Å²) in [5, 5.41) is 3.31. The summed E-state index contributed by atoms with van der Waals surface area (Å²) in [7, 11) is 0. The summed E-state index contributed by atoms with van der Waals surface area (Å²) >= 11 is 5.80. The molecule has 1 aromatic rings. The van der Waals surface area contributed by atoms with Gasteiger partial charge in [-0.2, -0.15) is 0 Å². The first kappa shape index (κ1) is 18.7. The molecule has 1 spiro atoms. The minimum Gasteiger partial charge on any atom is -0.492 e. The Morgan fingerprint density at radius 1 is 1.15 bits per heavy atom. The van der Waals surface area contributed by atoms with Gasteiger partial charge in [0.2, 0.25) is 17.7 Å². The maximum atomic E-state index is 12.7. The Labute approximate surface area is 157 Å². The van der Waals surface area contributed by atoms with E-state index < -0.39 is 5.41 Å². The number of likely N-dealkylation sites (tertiary alicyclic amines) is 1. The number of hydrogen-bond acceptors (Lipinski definition) is 4. The second-order valence-corrected chi connectivity index (χ2v) is 7.39. The zero-order chi connectivity index (χ0) is 18.6. The summed E-state index contributed by atoms with van der Waals surface area (Å²) in [5.41, 5.74) is -0.548. The van der Waals surface area contributed by atoms with Crippen LogP contribution in [0.2, 0.25) is 5.02 Å². The molecule has 0 unspecified atom stereocenters. The van der Waals surface area contributed by atoms with E-state index in [0.717, 1.165) is 37.0 Å². The lowest BCUT2D eigenvalue weighted by molar-refractivity contribution is -0.145. The molecule has 140 valence electrons. The van der Waals surface area contributed by atoms with E-state index in [2.05, 4.69) is 5.32 Å². The predicted molar refractivity (Wildman–Crippen MR) is 96.8 cm³/mol. The lowest BCUT2D eigenvalue weighted by atomic mass is 9.73. The quantitative estimate of drug-likeness (QED) is 0.609. The molecule has 7 heteroatoms. The highest BCUT2D eigenvalue weighted by atomic mass is 35.5. The standard InChI is InChI=1S/C19H23ClN2O4/c20-14-4-6-15(7-5-14)26-11-10-21-16(23)13-22-17(24)12-19(18(22)25)8-2-1-3-9-19/h4-7H,1-3,8-13H2,(H,21,23). The number of carbonyl (C=O) groups excluding carboxylic acids is 3. The molecule has 0 aromatic heterocycles. The van der Waals surface area contributed by atoms with E-state index in [4.69, 9.17) is 16.3 Å². The van der Waals surface area contributed by atoms with Crippen molar-refractivity contribution in [3.63, 3.8) is 0 Å². The normalized spacial score (nSPS) is 19.0. The molecular weight excluding hydrogens is 356 g/mol. The van der Waals surface area contributed by atoms with Crippen molar-refractivity contribution in [2.75, 3.05) is 19.7 Å². The van der Waals surface area contributed by atoms with Gasteiger partial charge in [0.05, 0.1) is 12.0 Å². The molecule has 2 fully saturated rings.